The number of piperazine rings is 1. The number of urea groups is 1. The van der Waals surface area contributed by atoms with Crippen molar-refractivity contribution < 1.29 is 14.3 Å². The lowest BCUT2D eigenvalue weighted by molar-refractivity contribution is -0.132. The Morgan fingerprint density at radius 2 is 1.79 bits per heavy atom. The molecule has 2 fully saturated rings. The summed E-state index contributed by atoms with van der Waals surface area (Å²) in [6, 6.07) is 7.48. The molecule has 3 rings (SSSR count). The zero-order chi connectivity index (χ0) is 17.1. The van der Waals surface area contributed by atoms with Gasteiger partial charge in [-0.2, -0.15) is 0 Å². The quantitative estimate of drug-likeness (QED) is 0.882. The maximum absolute atomic E-state index is 12.5. The van der Waals surface area contributed by atoms with E-state index in [0.717, 1.165) is 37.6 Å². The number of carbonyl (C=O) groups is 2. The smallest absolute Gasteiger partial charge is 0.324 e. The zero-order valence-corrected chi connectivity index (χ0v) is 14.2. The Labute approximate surface area is 142 Å². The number of amides is 3. The van der Waals surface area contributed by atoms with E-state index in [9.17, 15) is 9.59 Å². The molecule has 0 aromatic heterocycles. The van der Waals surface area contributed by atoms with Crippen molar-refractivity contribution in [3.8, 4) is 5.75 Å². The van der Waals surface area contributed by atoms with Gasteiger partial charge in [0.05, 0.1) is 13.2 Å². The lowest BCUT2D eigenvalue weighted by Gasteiger charge is -2.39. The van der Waals surface area contributed by atoms with E-state index < -0.39 is 0 Å². The largest absolute Gasteiger partial charge is 0.497 e. The summed E-state index contributed by atoms with van der Waals surface area (Å²) in [6.07, 6.45) is 0. The molecule has 1 N–H and O–H groups in total. The minimum absolute atomic E-state index is 0.108. The summed E-state index contributed by atoms with van der Waals surface area (Å²) in [6.45, 7) is 6.21. The number of imide groups is 1. The lowest BCUT2D eigenvalue weighted by Crippen LogP contribution is -2.55. The number of ether oxygens (including phenoxy) is 1. The van der Waals surface area contributed by atoms with Gasteiger partial charge in [0.25, 0.3) is 0 Å². The van der Waals surface area contributed by atoms with Crippen molar-refractivity contribution in [2.24, 2.45) is 0 Å². The second kappa shape index (κ2) is 7.09. The zero-order valence-electron chi connectivity index (χ0n) is 14.2. The van der Waals surface area contributed by atoms with E-state index in [-0.39, 0.29) is 18.0 Å². The average molecular weight is 332 g/mol. The van der Waals surface area contributed by atoms with Crippen LogP contribution >= 0.6 is 0 Å². The van der Waals surface area contributed by atoms with Crippen molar-refractivity contribution >= 4 is 17.6 Å². The van der Waals surface area contributed by atoms with E-state index >= 15 is 0 Å². The van der Waals surface area contributed by atoms with Crippen LogP contribution in [-0.4, -0.2) is 74.2 Å². The molecule has 0 spiro atoms. The number of hydrogen-bond acceptors (Lipinski definition) is 5. The molecule has 2 aliphatic rings. The number of carbonyl (C=O) groups excluding carboxylic acids is 2. The van der Waals surface area contributed by atoms with Gasteiger partial charge in [0.1, 0.15) is 5.75 Å². The number of hydrogen-bond donors (Lipinski definition) is 1. The molecule has 24 heavy (non-hydrogen) atoms. The van der Waals surface area contributed by atoms with E-state index in [0.29, 0.717) is 13.1 Å². The van der Waals surface area contributed by atoms with Crippen LogP contribution in [0.25, 0.3) is 0 Å². The first-order valence-corrected chi connectivity index (χ1v) is 8.32. The molecular formula is C17H24N4O3. The molecule has 2 aliphatic heterocycles. The summed E-state index contributed by atoms with van der Waals surface area (Å²) in [4.78, 5) is 29.9. The second-order valence-electron chi connectivity index (χ2n) is 6.12. The van der Waals surface area contributed by atoms with Crippen LogP contribution in [0, 0.1) is 0 Å². The maximum Gasteiger partial charge on any atom is 0.324 e. The Bertz CT molecular complexity index is 596. The lowest BCUT2D eigenvalue weighted by atomic mass is 10.2. The molecule has 1 aromatic carbocycles. The molecule has 2 saturated heterocycles. The van der Waals surface area contributed by atoms with Crippen molar-refractivity contribution in [1.82, 2.24) is 15.1 Å². The third kappa shape index (κ3) is 3.31. The fraction of sp³-hybridized carbons (Fsp3) is 0.529. The van der Waals surface area contributed by atoms with Gasteiger partial charge in [-0.15, -0.1) is 0 Å². The van der Waals surface area contributed by atoms with Gasteiger partial charge in [-0.25, -0.2) is 4.79 Å². The van der Waals surface area contributed by atoms with Crippen LogP contribution in [0.1, 0.15) is 6.92 Å². The van der Waals surface area contributed by atoms with Gasteiger partial charge in [0.2, 0.25) is 5.91 Å². The molecule has 3 amide bonds. The molecule has 7 nitrogen and oxygen atoms in total. The van der Waals surface area contributed by atoms with Crippen molar-refractivity contribution in [3.63, 3.8) is 0 Å². The van der Waals surface area contributed by atoms with Crippen molar-refractivity contribution in [2.45, 2.75) is 13.0 Å². The van der Waals surface area contributed by atoms with Crippen LogP contribution in [0.5, 0.6) is 5.75 Å². The second-order valence-corrected chi connectivity index (χ2v) is 6.12. The summed E-state index contributed by atoms with van der Waals surface area (Å²) in [7, 11) is 1.66. The molecule has 0 bridgehead atoms. The highest BCUT2D eigenvalue weighted by atomic mass is 16.5. The fourth-order valence-corrected chi connectivity index (χ4v) is 3.22. The first-order chi connectivity index (χ1) is 11.6. The van der Waals surface area contributed by atoms with Crippen LogP contribution in [-0.2, 0) is 4.79 Å². The molecule has 130 valence electrons. The van der Waals surface area contributed by atoms with Crippen LogP contribution < -0.4 is 15.0 Å². The summed E-state index contributed by atoms with van der Waals surface area (Å²) in [5, 5.41) is 2.68. The highest BCUT2D eigenvalue weighted by Crippen LogP contribution is 2.21. The molecule has 0 unspecified atom stereocenters. The number of nitrogens with zero attached hydrogens (tertiary/aromatic N) is 3. The molecule has 1 aromatic rings. The predicted molar refractivity (Wildman–Crippen MR) is 91.4 cm³/mol. The number of rotatable bonds is 4. The number of nitrogens with one attached hydrogen (secondary N) is 1. The third-order valence-corrected chi connectivity index (χ3v) is 4.78. The SMILES string of the molecule is COc1ccc(N2CCN([C@@H](C)C(=O)N3CCNC3=O)CC2)cc1. The minimum Gasteiger partial charge on any atom is -0.497 e. The summed E-state index contributed by atoms with van der Waals surface area (Å²) in [5.74, 6) is 0.739. The van der Waals surface area contributed by atoms with Crippen LogP contribution in [0.2, 0.25) is 0 Å². The van der Waals surface area contributed by atoms with E-state index in [2.05, 4.69) is 27.2 Å². The average Bonchev–Trinajstić information content (AvgIpc) is 3.06. The van der Waals surface area contributed by atoms with Gasteiger partial charge < -0.3 is 15.0 Å². The van der Waals surface area contributed by atoms with Gasteiger partial charge in [-0.3, -0.25) is 14.6 Å². The van der Waals surface area contributed by atoms with Crippen LogP contribution in [0.15, 0.2) is 24.3 Å². The van der Waals surface area contributed by atoms with Gasteiger partial charge in [0, 0.05) is 45.0 Å². The van der Waals surface area contributed by atoms with Crippen molar-refractivity contribution in [3.05, 3.63) is 24.3 Å². The van der Waals surface area contributed by atoms with E-state index in [1.54, 1.807) is 7.11 Å². The Balaban J connectivity index is 1.55. The summed E-state index contributed by atoms with van der Waals surface area (Å²) < 4.78 is 5.19. The van der Waals surface area contributed by atoms with Crippen LogP contribution in [0.3, 0.4) is 0 Å². The summed E-state index contributed by atoms with van der Waals surface area (Å²) in [5.41, 5.74) is 1.16. The third-order valence-electron chi connectivity index (χ3n) is 4.78. The van der Waals surface area contributed by atoms with Gasteiger partial charge in [0.15, 0.2) is 0 Å². The molecule has 7 heteroatoms. The normalized spacial score (nSPS) is 20.0. The minimum atomic E-state index is -0.274. The van der Waals surface area contributed by atoms with Gasteiger partial charge in [-0.1, -0.05) is 0 Å². The topological polar surface area (TPSA) is 65.1 Å². The van der Waals surface area contributed by atoms with E-state index in [1.165, 1.54) is 4.90 Å². The predicted octanol–water partition coefficient (Wildman–Crippen LogP) is 0.758. The van der Waals surface area contributed by atoms with Crippen LogP contribution in [0.4, 0.5) is 10.5 Å². The molecule has 0 radical (unpaired) electrons. The Morgan fingerprint density at radius 1 is 1.12 bits per heavy atom. The Morgan fingerprint density at radius 3 is 2.33 bits per heavy atom. The maximum atomic E-state index is 12.5. The molecule has 0 aliphatic carbocycles. The Hall–Kier alpha value is -2.28. The molecule has 1 atom stereocenters. The molecule has 2 heterocycles. The van der Waals surface area contributed by atoms with E-state index in [1.807, 2.05) is 19.1 Å². The number of benzene rings is 1. The number of methoxy groups -OCH3 is 1. The molecular weight excluding hydrogens is 308 g/mol. The van der Waals surface area contributed by atoms with Gasteiger partial charge >= 0.3 is 6.03 Å². The Kier molecular flexibility index (Phi) is 4.89. The first-order valence-electron chi connectivity index (χ1n) is 8.32. The first kappa shape index (κ1) is 16.6. The number of anilines is 1. The fourth-order valence-electron chi connectivity index (χ4n) is 3.22. The van der Waals surface area contributed by atoms with Gasteiger partial charge in [-0.05, 0) is 31.2 Å². The van der Waals surface area contributed by atoms with Crippen molar-refractivity contribution in [1.29, 1.82) is 0 Å². The monoisotopic (exact) mass is 332 g/mol. The summed E-state index contributed by atoms with van der Waals surface area (Å²) >= 11 is 0. The van der Waals surface area contributed by atoms with Crippen molar-refractivity contribution in [2.75, 3.05) is 51.3 Å². The van der Waals surface area contributed by atoms with E-state index in [4.69, 9.17) is 4.74 Å². The standard InChI is InChI=1S/C17H24N4O3/c1-13(16(22)21-8-7-18-17(21)23)19-9-11-20(12-10-19)14-3-5-15(24-2)6-4-14/h3-6,13H,7-12H2,1-2H3,(H,18,23)/t13-/m0/s1. The highest BCUT2D eigenvalue weighted by Gasteiger charge is 2.33. The highest BCUT2D eigenvalue weighted by molar-refractivity contribution is 5.98. The molecule has 0 saturated carbocycles.